The molecule has 0 aliphatic rings. The zero-order valence-corrected chi connectivity index (χ0v) is 10.5. The molecular weight excluding hydrogens is 224 g/mol. The second-order valence-electron chi connectivity index (χ2n) is 2.83. The smallest absolute Gasteiger partial charge is 0.209 e. The van der Waals surface area contributed by atoms with Gasteiger partial charge < -0.3 is 26.4 Å². The van der Waals surface area contributed by atoms with Crippen molar-refractivity contribution in [2.75, 3.05) is 27.3 Å². The summed E-state index contributed by atoms with van der Waals surface area (Å²) in [5.41, 5.74) is 0. The molecule has 0 saturated carbocycles. The van der Waals surface area contributed by atoms with E-state index >= 15 is 0 Å². The summed E-state index contributed by atoms with van der Waals surface area (Å²) in [6.45, 7) is -0.250. The maximum absolute atomic E-state index is 10.3. The predicted molar refractivity (Wildman–Crippen MR) is 65.8 cm³/mol. The largest absolute Gasteiger partial charge is 0.872 e. The van der Waals surface area contributed by atoms with Crippen molar-refractivity contribution >= 4 is 6.41 Å². The summed E-state index contributed by atoms with van der Waals surface area (Å²) in [4.78, 5) is 10.9. The Bertz CT molecular complexity index is 240. The van der Waals surface area contributed by atoms with Crippen LogP contribution in [0.25, 0.3) is 0 Å². The fourth-order valence-electron chi connectivity index (χ4n) is 0.420. The highest BCUT2D eigenvalue weighted by Crippen LogP contribution is 1.98. The zero-order chi connectivity index (χ0) is 12.8. The van der Waals surface area contributed by atoms with E-state index in [1.165, 1.54) is 17.0 Å². The van der Waals surface area contributed by atoms with Crippen molar-refractivity contribution in [2.45, 2.75) is 0 Å². The average molecular weight is 246 g/mol. The van der Waals surface area contributed by atoms with E-state index in [1.54, 1.807) is 26.2 Å². The van der Waals surface area contributed by atoms with Gasteiger partial charge in [-0.05, 0) is 0 Å². The van der Waals surface area contributed by atoms with Crippen molar-refractivity contribution in [2.24, 2.45) is 0 Å². The van der Waals surface area contributed by atoms with Crippen LogP contribution in [0.4, 0.5) is 0 Å². The number of aliphatic hydroxyl groups is 2. The molecule has 0 saturated heterocycles. The van der Waals surface area contributed by atoms with Crippen LogP contribution in [0, 0.1) is 0 Å². The number of hydrogen-bond donors (Lipinski definition) is 3. The molecule has 1 aromatic rings. The van der Waals surface area contributed by atoms with Gasteiger partial charge in [-0.3, -0.25) is 4.79 Å². The summed E-state index contributed by atoms with van der Waals surface area (Å²) < 4.78 is 0. The molecule has 1 aromatic carbocycles. The van der Waals surface area contributed by atoms with E-state index in [-0.39, 0.29) is 25.1 Å². The Kier molecular flexibility index (Phi) is 20.5. The molecule has 0 aliphatic carbocycles. The number of carbonyl (C=O) groups excluding carboxylic acids is 1. The van der Waals surface area contributed by atoms with Gasteiger partial charge in [0.2, 0.25) is 6.41 Å². The molecule has 100 valence electrons. The van der Waals surface area contributed by atoms with E-state index in [0.29, 0.717) is 0 Å². The fourth-order valence-corrected chi connectivity index (χ4v) is 0.420. The number of hydrogen-bond acceptors (Lipinski definition) is 4. The number of carbonyl (C=O) groups is 1. The minimum Gasteiger partial charge on any atom is -0.872 e. The quantitative estimate of drug-likeness (QED) is 0.626. The average Bonchev–Trinajstić information content (AvgIpc) is 2.31. The molecule has 6 heteroatoms. The van der Waals surface area contributed by atoms with E-state index in [1.807, 2.05) is 6.07 Å². The number of para-hydroxylation sites is 1. The summed E-state index contributed by atoms with van der Waals surface area (Å²) in [5.74, 6) is 0.0718. The number of amides is 1. The van der Waals surface area contributed by atoms with Crippen LogP contribution in [0.2, 0.25) is 0 Å². The zero-order valence-electron chi connectivity index (χ0n) is 10.5. The van der Waals surface area contributed by atoms with Crippen LogP contribution < -0.4 is 11.3 Å². The highest BCUT2D eigenvalue weighted by atomic mass is 16.3. The Morgan fingerprint density at radius 2 is 1.53 bits per heavy atom. The first-order valence-electron chi connectivity index (χ1n) is 4.64. The molecule has 0 radical (unpaired) electrons. The Labute approximate surface area is 102 Å². The number of benzene rings is 1. The second kappa shape index (κ2) is 16.8. The van der Waals surface area contributed by atoms with Crippen LogP contribution in [0.3, 0.4) is 0 Å². The van der Waals surface area contributed by atoms with Crippen LogP contribution in [0.5, 0.6) is 5.75 Å². The third-order valence-corrected chi connectivity index (χ3v) is 1.05. The van der Waals surface area contributed by atoms with Crippen molar-refractivity contribution in [1.82, 2.24) is 11.1 Å². The number of aliphatic hydroxyl groups excluding tert-OH is 2. The van der Waals surface area contributed by atoms with E-state index in [0.717, 1.165) is 6.41 Å². The maximum atomic E-state index is 10.3. The predicted octanol–water partition coefficient (Wildman–Crippen LogP) is -0.188. The van der Waals surface area contributed by atoms with E-state index < -0.39 is 0 Å². The lowest BCUT2D eigenvalue weighted by Crippen LogP contribution is -2.06. The Hall–Kier alpha value is -1.63. The summed E-state index contributed by atoms with van der Waals surface area (Å²) in [6, 6.07) is 8.33. The van der Waals surface area contributed by atoms with Gasteiger partial charge in [0, 0.05) is 14.1 Å². The van der Waals surface area contributed by atoms with Gasteiger partial charge in [-0.15, -0.1) is 5.75 Å². The molecule has 1 amide bonds. The Balaban J connectivity index is -0.000000177. The minimum absolute atomic E-state index is 0. The molecule has 0 unspecified atom stereocenters. The van der Waals surface area contributed by atoms with Crippen LogP contribution >= 0.6 is 0 Å². The van der Waals surface area contributed by atoms with Crippen molar-refractivity contribution in [3.63, 3.8) is 0 Å². The third kappa shape index (κ3) is 25.0. The lowest BCUT2D eigenvalue weighted by molar-refractivity contribution is -0.268. The number of nitrogens with zero attached hydrogens (tertiary/aromatic N) is 1. The lowest BCUT2D eigenvalue weighted by Gasteiger charge is -1.98. The van der Waals surface area contributed by atoms with Gasteiger partial charge in [0.25, 0.3) is 0 Å². The summed E-state index contributed by atoms with van der Waals surface area (Å²) in [7, 11) is 3.38. The maximum Gasteiger partial charge on any atom is 0.209 e. The molecule has 6 N–H and O–H groups in total. The molecule has 6 nitrogen and oxygen atoms in total. The molecule has 0 spiro atoms. The van der Waals surface area contributed by atoms with Gasteiger partial charge in [-0.25, -0.2) is 0 Å². The first kappa shape index (κ1) is 20.7. The molecule has 0 heterocycles. The molecular formula is C11H22N2O4. The number of rotatable bonds is 2. The van der Waals surface area contributed by atoms with Gasteiger partial charge in [0.1, 0.15) is 0 Å². The van der Waals surface area contributed by atoms with E-state index in [2.05, 4.69) is 0 Å². The molecule has 0 aliphatic heterocycles. The molecule has 0 atom stereocenters. The SMILES string of the molecule is CN(C)C=O.OCCO.[NH4+].[O-]c1ccccc1. The monoisotopic (exact) mass is 246 g/mol. The van der Waals surface area contributed by atoms with Crippen molar-refractivity contribution < 1.29 is 20.1 Å². The molecule has 0 aromatic heterocycles. The van der Waals surface area contributed by atoms with Crippen LogP contribution in [0.1, 0.15) is 0 Å². The standard InChI is InChI=1S/C6H6O.C3H7NO.C2H6O2.H3N/c7-6-4-2-1-3-5-6;1-4(2)3-5;3-1-2-4;/h1-5,7H;3H,1-2H3;3-4H,1-2H2;1H3. The van der Waals surface area contributed by atoms with Crippen molar-refractivity contribution in [3.8, 4) is 5.75 Å². The first-order chi connectivity index (χ1) is 7.58. The van der Waals surface area contributed by atoms with Crippen LogP contribution in [-0.2, 0) is 4.79 Å². The highest BCUT2D eigenvalue weighted by molar-refractivity contribution is 5.45. The second-order valence-corrected chi connectivity index (χ2v) is 2.83. The molecule has 0 fully saturated rings. The minimum atomic E-state index is -0.125. The molecule has 17 heavy (non-hydrogen) atoms. The topological polar surface area (TPSA) is 120 Å². The van der Waals surface area contributed by atoms with Crippen molar-refractivity contribution in [3.05, 3.63) is 30.3 Å². The van der Waals surface area contributed by atoms with Gasteiger partial charge in [0.05, 0.1) is 13.2 Å². The Morgan fingerprint density at radius 3 is 1.65 bits per heavy atom. The lowest BCUT2D eigenvalue weighted by atomic mass is 10.3. The van der Waals surface area contributed by atoms with Gasteiger partial charge in [-0.1, -0.05) is 30.3 Å². The number of quaternary nitrogens is 1. The van der Waals surface area contributed by atoms with Gasteiger partial charge in [-0.2, -0.15) is 0 Å². The molecule has 1 rings (SSSR count). The highest BCUT2D eigenvalue weighted by Gasteiger charge is 1.68. The van der Waals surface area contributed by atoms with Gasteiger partial charge >= 0.3 is 0 Å². The van der Waals surface area contributed by atoms with Crippen LogP contribution in [-0.4, -0.2) is 48.8 Å². The summed E-state index contributed by atoms with van der Waals surface area (Å²) in [6.07, 6.45) is 0.750. The Morgan fingerprint density at radius 1 is 1.18 bits per heavy atom. The fraction of sp³-hybridized carbons (Fsp3) is 0.364. The normalized spacial score (nSPS) is 7.29. The summed E-state index contributed by atoms with van der Waals surface area (Å²) >= 11 is 0. The van der Waals surface area contributed by atoms with Crippen molar-refractivity contribution in [1.29, 1.82) is 0 Å². The van der Waals surface area contributed by atoms with E-state index in [9.17, 15) is 9.90 Å². The van der Waals surface area contributed by atoms with Crippen LogP contribution in [0.15, 0.2) is 30.3 Å². The third-order valence-electron chi connectivity index (χ3n) is 1.05. The summed E-state index contributed by atoms with van der Waals surface area (Å²) in [5, 5.41) is 25.5. The van der Waals surface area contributed by atoms with E-state index in [4.69, 9.17) is 10.2 Å². The van der Waals surface area contributed by atoms with Gasteiger partial charge in [0.15, 0.2) is 0 Å². The molecule has 0 bridgehead atoms. The first-order valence-corrected chi connectivity index (χ1v) is 4.64.